The SMILES string of the molecule is CS(=O)(=O)C1CCN(C(=O)NCC2CCCS2)C1. The summed E-state index contributed by atoms with van der Waals surface area (Å²) < 4.78 is 22.8. The smallest absolute Gasteiger partial charge is 0.317 e. The zero-order chi connectivity index (χ0) is 13.2. The summed E-state index contributed by atoms with van der Waals surface area (Å²) in [7, 11) is -3.03. The highest BCUT2D eigenvalue weighted by atomic mass is 32.2. The molecule has 0 spiro atoms. The maximum Gasteiger partial charge on any atom is 0.317 e. The maximum atomic E-state index is 11.9. The molecule has 0 aromatic rings. The highest BCUT2D eigenvalue weighted by molar-refractivity contribution is 8.00. The van der Waals surface area contributed by atoms with E-state index < -0.39 is 9.84 Å². The normalized spacial score (nSPS) is 28.6. The minimum Gasteiger partial charge on any atom is -0.337 e. The van der Waals surface area contributed by atoms with E-state index in [1.54, 1.807) is 4.90 Å². The number of carbonyl (C=O) groups is 1. The van der Waals surface area contributed by atoms with Crippen LogP contribution in [-0.2, 0) is 9.84 Å². The van der Waals surface area contributed by atoms with E-state index in [1.807, 2.05) is 11.8 Å². The fourth-order valence-electron chi connectivity index (χ4n) is 2.38. The first-order chi connectivity index (χ1) is 8.47. The molecule has 2 saturated heterocycles. The van der Waals surface area contributed by atoms with Gasteiger partial charge >= 0.3 is 6.03 Å². The van der Waals surface area contributed by atoms with Crippen LogP contribution in [0, 0.1) is 0 Å². The number of urea groups is 1. The molecule has 2 aliphatic heterocycles. The molecule has 2 amide bonds. The van der Waals surface area contributed by atoms with Gasteiger partial charge in [-0.25, -0.2) is 13.2 Å². The number of sulfone groups is 1. The lowest BCUT2D eigenvalue weighted by atomic mass is 10.2. The highest BCUT2D eigenvalue weighted by Crippen LogP contribution is 2.25. The standard InChI is InChI=1S/C11H20N2O3S2/c1-18(15,16)10-4-5-13(8-10)11(14)12-7-9-3-2-6-17-9/h9-10H,2-8H2,1H3,(H,12,14). The zero-order valence-electron chi connectivity index (χ0n) is 10.6. The minimum absolute atomic E-state index is 0.117. The summed E-state index contributed by atoms with van der Waals surface area (Å²) in [6, 6.07) is -0.117. The average Bonchev–Trinajstić information content (AvgIpc) is 2.96. The first kappa shape index (κ1) is 14.0. The molecular weight excluding hydrogens is 272 g/mol. The molecule has 2 fully saturated rings. The predicted molar refractivity (Wildman–Crippen MR) is 73.7 cm³/mol. The highest BCUT2D eigenvalue weighted by Gasteiger charge is 2.32. The number of nitrogens with one attached hydrogen (secondary N) is 1. The van der Waals surface area contributed by atoms with E-state index in [4.69, 9.17) is 0 Å². The van der Waals surface area contributed by atoms with Crippen LogP contribution in [0.15, 0.2) is 0 Å². The van der Waals surface area contributed by atoms with Crippen LogP contribution in [0.1, 0.15) is 19.3 Å². The van der Waals surface area contributed by atoms with Crippen molar-refractivity contribution < 1.29 is 13.2 Å². The van der Waals surface area contributed by atoms with Crippen molar-refractivity contribution in [1.82, 2.24) is 10.2 Å². The Hall–Kier alpha value is -0.430. The van der Waals surface area contributed by atoms with Gasteiger partial charge < -0.3 is 10.2 Å². The van der Waals surface area contributed by atoms with Gasteiger partial charge in [0, 0.05) is 31.1 Å². The van der Waals surface area contributed by atoms with Gasteiger partial charge in [0.15, 0.2) is 9.84 Å². The molecular formula is C11H20N2O3S2. The number of thioether (sulfide) groups is 1. The van der Waals surface area contributed by atoms with Crippen molar-refractivity contribution in [3.63, 3.8) is 0 Å². The quantitative estimate of drug-likeness (QED) is 0.832. The van der Waals surface area contributed by atoms with Gasteiger partial charge in [0.2, 0.25) is 0 Å². The van der Waals surface area contributed by atoms with Gasteiger partial charge in [-0.1, -0.05) is 0 Å². The number of nitrogens with zero attached hydrogens (tertiary/aromatic N) is 1. The molecule has 0 bridgehead atoms. The van der Waals surface area contributed by atoms with E-state index in [2.05, 4.69) is 5.32 Å². The zero-order valence-corrected chi connectivity index (χ0v) is 12.2. The fourth-order valence-corrected chi connectivity index (χ4v) is 4.57. The van der Waals surface area contributed by atoms with Crippen molar-refractivity contribution in [2.75, 3.05) is 31.6 Å². The van der Waals surface area contributed by atoms with Gasteiger partial charge in [0.05, 0.1) is 5.25 Å². The van der Waals surface area contributed by atoms with Crippen LogP contribution < -0.4 is 5.32 Å². The third-order valence-electron chi connectivity index (χ3n) is 3.54. The van der Waals surface area contributed by atoms with Crippen molar-refractivity contribution in [2.24, 2.45) is 0 Å². The van der Waals surface area contributed by atoms with Crippen LogP contribution in [0.3, 0.4) is 0 Å². The second-order valence-electron chi connectivity index (χ2n) is 5.01. The van der Waals surface area contributed by atoms with Crippen LogP contribution >= 0.6 is 11.8 Å². The topological polar surface area (TPSA) is 66.5 Å². The Morgan fingerprint density at radius 2 is 2.22 bits per heavy atom. The van der Waals surface area contributed by atoms with Crippen molar-refractivity contribution >= 4 is 27.6 Å². The molecule has 0 aliphatic carbocycles. The Kier molecular flexibility index (Phi) is 4.42. The average molecular weight is 292 g/mol. The van der Waals surface area contributed by atoms with Crippen LogP contribution in [0.4, 0.5) is 4.79 Å². The number of carbonyl (C=O) groups excluding carboxylic acids is 1. The first-order valence-corrected chi connectivity index (χ1v) is 9.30. The molecule has 1 N–H and O–H groups in total. The lowest BCUT2D eigenvalue weighted by Crippen LogP contribution is -2.41. The maximum absolute atomic E-state index is 11.9. The summed E-state index contributed by atoms with van der Waals surface area (Å²) in [5.74, 6) is 1.18. The Balaban J connectivity index is 1.76. The van der Waals surface area contributed by atoms with Crippen LogP contribution in [0.2, 0.25) is 0 Å². The van der Waals surface area contributed by atoms with E-state index in [0.29, 0.717) is 31.3 Å². The Morgan fingerprint density at radius 3 is 2.78 bits per heavy atom. The lowest BCUT2D eigenvalue weighted by molar-refractivity contribution is 0.209. The van der Waals surface area contributed by atoms with Gasteiger partial charge in [-0.05, 0) is 25.0 Å². The minimum atomic E-state index is -3.03. The van der Waals surface area contributed by atoms with Crippen LogP contribution in [-0.4, -0.2) is 61.5 Å². The van der Waals surface area contributed by atoms with Crippen LogP contribution in [0.5, 0.6) is 0 Å². The number of amides is 2. The van der Waals surface area contributed by atoms with Crippen molar-refractivity contribution in [1.29, 1.82) is 0 Å². The van der Waals surface area contributed by atoms with Gasteiger partial charge in [0.25, 0.3) is 0 Å². The van der Waals surface area contributed by atoms with E-state index >= 15 is 0 Å². The molecule has 104 valence electrons. The van der Waals surface area contributed by atoms with Gasteiger partial charge in [-0.2, -0.15) is 11.8 Å². The van der Waals surface area contributed by atoms with Gasteiger partial charge in [-0.3, -0.25) is 0 Å². The summed E-state index contributed by atoms with van der Waals surface area (Å²) in [6.45, 7) is 1.58. The summed E-state index contributed by atoms with van der Waals surface area (Å²) in [4.78, 5) is 13.5. The monoisotopic (exact) mass is 292 g/mol. The van der Waals surface area contributed by atoms with E-state index in [-0.39, 0.29) is 11.3 Å². The number of rotatable bonds is 3. The van der Waals surface area contributed by atoms with Crippen LogP contribution in [0.25, 0.3) is 0 Å². The molecule has 18 heavy (non-hydrogen) atoms. The number of hydrogen-bond acceptors (Lipinski definition) is 4. The Bertz CT molecular complexity index is 405. The second-order valence-corrected chi connectivity index (χ2v) is 8.74. The predicted octanol–water partition coefficient (Wildman–Crippen LogP) is 0.711. The summed E-state index contributed by atoms with van der Waals surface area (Å²) in [6.07, 6.45) is 4.20. The molecule has 0 aromatic carbocycles. The molecule has 7 heteroatoms. The van der Waals surface area contributed by atoms with Gasteiger partial charge in [-0.15, -0.1) is 0 Å². The van der Waals surface area contributed by atoms with E-state index in [1.165, 1.54) is 18.4 Å². The first-order valence-electron chi connectivity index (χ1n) is 6.30. The van der Waals surface area contributed by atoms with Gasteiger partial charge in [0.1, 0.15) is 0 Å². The molecule has 0 aromatic heterocycles. The largest absolute Gasteiger partial charge is 0.337 e. The molecule has 2 unspecified atom stereocenters. The fraction of sp³-hybridized carbons (Fsp3) is 0.909. The van der Waals surface area contributed by atoms with Crippen molar-refractivity contribution in [3.05, 3.63) is 0 Å². The summed E-state index contributed by atoms with van der Waals surface area (Å²) in [5, 5.41) is 3.05. The van der Waals surface area contributed by atoms with Crippen molar-refractivity contribution in [2.45, 2.75) is 29.8 Å². The lowest BCUT2D eigenvalue weighted by Gasteiger charge is -2.18. The Morgan fingerprint density at radius 1 is 1.44 bits per heavy atom. The molecule has 0 saturated carbocycles. The second kappa shape index (κ2) is 5.69. The van der Waals surface area contributed by atoms with E-state index in [9.17, 15) is 13.2 Å². The number of likely N-dealkylation sites (tertiary alicyclic amines) is 1. The third-order valence-corrected chi connectivity index (χ3v) is 6.54. The summed E-state index contributed by atoms with van der Waals surface area (Å²) in [5.41, 5.74) is 0. The molecule has 5 nitrogen and oxygen atoms in total. The summed E-state index contributed by atoms with van der Waals surface area (Å²) >= 11 is 1.90. The molecule has 2 aliphatic rings. The molecule has 2 rings (SSSR count). The Labute approximate surface area is 113 Å². The third kappa shape index (κ3) is 3.54. The van der Waals surface area contributed by atoms with E-state index in [0.717, 1.165) is 6.42 Å². The molecule has 2 atom stereocenters. The number of hydrogen-bond donors (Lipinski definition) is 1. The molecule has 0 radical (unpaired) electrons. The molecule has 2 heterocycles. The van der Waals surface area contributed by atoms with Crippen molar-refractivity contribution in [3.8, 4) is 0 Å².